The molecular formula is C15H20N2O4. The molecule has 0 bridgehead atoms. The Hall–Kier alpha value is -2.37. The number of carboxylic acids is 1. The lowest BCUT2D eigenvalue weighted by atomic mass is 10.1. The molecule has 6 heteroatoms. The van der Waals surface area contributed by atoms with Gasteiger partial charge in [-0.2, -0.15) is 0 Å². The molecule has 1 aromatic rings. The zero-order chi connectivity index (χ0) is 15.8. The summed E-state index contributed by atoms with van der Waals surface area (Å²) in [6, 6.07) is 6.21. The molecular weight excluding hydrogens is 272 g/mol. The summed E-state index contributed by atoms with van der Waals surface area (Å²) in [5, 5.41) is 14.2. The van der Waals surface area contributed by atoms with Crippen molar-refractivity contribution < 1.29 is 19.5 Å². The highest BCUT2D eigenvalue weighted by Gasteiger charge is 2.07. The van der Waals surface area contributed by atoms with E-state index in [1.807, 2.05) is 13.8 Å². The quantitative estimate of drug-likeness (QED) is 0.697. The smallest absolute Gasteiger partial charge is 0.335 e. The van der Waals surface area contributed by atoms with Gasteiger partial charge in [-0.1, -0.05) is 12.1 Å². The Kier molecular flexibility index (Phi) is 6.39. The molecule has 0 aliphatic rings. The first kappa shape index (κ1) is 16.7. The minimum absolute atomic E-state index is 0.0842. The first-order valence-corrected chi connectivity index (χ1v) is 6.76. The fourth-order valence-electron chi connectivity index (χ4n) is 1.72. The van der Waals surface area contributed by atoms with E-state index in [0.717, 1.165) is 5.56 Å². The summed E-state index contributed by atoms with van der Waals surface area (Å²) in [6.07, 6.45) is 0.396. The summed E-state index contributed by atoms with van der Waals surface area (Å²) >= 11 is 0. The molecule has 6 nitrogen and oxygen atoms in total. The van der Waals surface area contributed by atoms with Crippen molar-refractivity contribution in [3.05, 3.63) is 35.4 Å². The van der Waals surface area contributed by atoms with E-state index in [0.29, 0.717) is 0 Å². The Balaban J connectivity index is 2.33. The molecule has 114 valence electrons. The third-order valence-corrected chi connectivity index (χ3v) is 2.69. The number of aromatic carboxylic acids is 1. The van der Waals surface area contributed by atoms with E-state index in [-0.39, 0.29) is 42.8 Å². The molecule has 0 fully saturated rings. The van der Waals surface area contributed by atoms with Gasteiger partial charge >= 0.3 is 5.97 Å². The summed E-state index contributed by atoms with van der Waals surface area (Å²) in [7, 11) is 0. The van der Waals surface area contributed by atoms with Crippen molar-refractivity contribution in [1.29, 1.82) is 0 Å². The maximum absolute atomic E-state index is 11.7. The average Bonchev–Trinajstić information content (AvgIpc) is 2.38. The third kappa shape index (κ3) is 6.56. The Morgan fingerprint density at radius 1 is 1.10 bits per heavy atom. The minimum atomic E-state index is -0.998. The molecule has 0 heterocycles. The van der Waals surface area contributed by atoms with E-state index in [2.05, 4.69) is 10.6 Å². The maximum Gasteiger partial charge on any atom is 0.335 e. The van der Waals surface area contributed by atoms with Gasteiger partial charge in [-0.3, -0.25) is 9.59 Å². The highest BCUT2D eigenvalue weighted by atomic mass is 16.4. The minimum Gasteiger partial charge on any atom is -0.478 e. The predicted octanol–water partition coefficient (Wildman–Crippen LogP) is 0.958. The molecule has 1 aromatic carbocycles. The molecule has 0 aliphatic carbocycles. The van der Waals surface area contributed by atoms with Crippen LogP contribution < -0.4 is 10.6 Å². The average molecular weight is 292 g/mol. The van der Waals surface area contributed by atoms with Crippen LogP contribution in [0.5, 0.6) is 0 Å². The second kappa shape index (κ2) is 8.04. The second-order valence-electron chi connectivity index (χ2n) is 5.00. The van der Waals surface area contributed by atoms with Crippen LogP contribution in [-0.2, 0) is 16.0 Å². The van der Waals surface area contributed by atoms with Crippen LogP contribution in [0.4, 0.5) is 0 Å². The fourth-order valence-corrected chi connectivity index (χ4v) is 1.72. The molecule has 3 N–H and O–H groups in total. The van der Waals surface area contributed by atoms with Crippen molar-refractivity contribution >= 4 is 17.8 Å². The van der Waals surface area contributed by atoms with Crippen LogP contribution in [0.15, 0.2) is 24.3 Å². The van der Waals surface area contributed by atoms with Crippen molar-refractivity contribution in [2.75, 3.05) is 6.54 Å². The van der Waals surface area contributed by atoms with Crippen molar-refractivity contribution in [2.45, 2.75) is 32.7 Å². The van der Waals surface area contributed by atoms with Crippen LogP contribution in [0.3, 0.4) is 0 Å². The van der Waals surface area contributed by atoms with Crippen LogP contribution >= 0.6 is 0 Å². The number of hydrogen-bond acceptors (Lipinski definition) is 3. The molecule has 0 atom stereocenters. The molecule has 0 unspecified atom stereocenters. The molecule has 0 aromatic heterocycles. The van der Waals surface area contributed by atoms with Crippen LogP contribution in [0, 0.1) is 0 Å². The molecule has 0 aliphatic heterocycles. The summed E-state index contributed by atoms with van der Waals surface area (Å²) in [5.41, 5.74) is 0.911. The normalized spacial score (nSPS) is 10.2. The van der Waals surface area contributed by atoms with Gasteiger partial charge in [0.25, 0.3) is 0 Å². The lowest BCUT2D eigenvalue weighted by molar-refractivity contribution is -0.122. The van der Waals surface area contributed by atoms with Crippen molar-refractivity contribution in [3.63, 3.8) is 0 Å². The van der Waals surface area contributed by atoms with E-state index in [9.17, 15) is 14.4 Å². The number of nitrogens with one attached hydrogen (secondary N) is 2. The van der Waals surface area contributed by atoms with E-state index in [1.165, 1.54) is 12.1 Å². The number of benzene rings is 1. The first-order chi connectivity index (χ1) is 9.88. The lowest BCUT2D eigenvalue weighted by Crippen LogP contribution is -2.34. The van der Waals surface area contributed by atoms with Gasteiger partial charge in [-0.25, -0.2) is 4.79 Å². The maximum atomic E-state index is 11.7. The Bertz CT molecular complexity index is 509. The van der Waals surface area contributed by atoms with E-state index >= 15 is 0 Å². The summed E-state index contributed by atoms with van der Waals surface area (Å²) in [6.45, 7) is 4.03. The standard InChI is InChI=1S/C15H20N2O4/c1-10(2)17-13(18)7-8-16-14(19)9-11-3-5-12(6-4-11)15(20)21/h3-6,10H,7-9H2,1-2H3,(H,16,19)(H,17,18)(H,20,21). The molecule has 0 saturated heterocycles. The van der Waals surface area contributed by atoms with Crippen molar-refractivity contribution in [3.8, 4) is 0 Å². The van der Waals surface area contributed by atoms with E-state index < -0.39 is 5.97 Å². The lowest BCUT2D eigenvalue weighted by Gasteiger charge is -2.09. The third-order valence-electron chi connectivity index (χ3n) is 2.69. The van der Waals surface area contributed by atoms with E-state index in [1.54, 1.807) is 12.1 Å². The van der Waals surface area contributed by atoms with Gasteiger partial charge in [-0.15, -0.1) is 0 Å². The number of carbonyl (C=O) groups is 3. The zero-order valence-electron chi connectivity index (χ0n) is 12.2. The fraction of sp³-hybridized carbons (Fsp3) is 0.400. The monoisotopic (exact) mass is 292 g/mol. The van der Waals surface area contributed by atoms with Gasteiger partial charge in [0.2, 0.25) is 11.8 Å². The Labute approximate surface area is 123 Å². The first-order valence-electron chi connectivity index (χ1n) is 6.76. The number of amides is 2. The number of carbonyl (C=O) groups excluding carboxylic acids is 2. The highest BCUT2D eigenvalue weighted by molar-refractivity contribution is 5.87. The molecule has 0 radical (unpaired) electrons. The van der Waals surface area contributed by atoms with Crippen LogP contribution in [0.25, 0.3) is 0 Å². The van der Waals surface area contributed by atoms with Gasteiger partial charge in [0.15, 0.2) is 0 Å². The predicted molar refractivity (Wildman–Crippen MR) is 78.0 cm³/mol. The van der Waals surface area contributed by atoms with Crippen molar-refractivity contribution in [2.24, 2.45) is 0 Å². The molecule has 0 spiro atoms. The van der Waals surface area contributed by atoms with Gasteiger partial charge in [0.05, 0.1) is 12.0 Å². The van der Waals surface area contributed by atoms with Gasteiger partial charge in [-0.05, 0) is 31.5 Å². The largest absolute Gasteiger partial charge is 0.478 e. The van der Waals surface area contributed by atoms with Crippen LogP contribution in [0.1, 0.15) is 36.2 Å². The van der Waals surface area contributed by atoms with Crippen LogP contribution in [-0.4, -0.2) is 35.5 Å². The second-order valence-corrected chi connectivity index (χ2v) is 5.00. The molecule has 1 rings (SSSR count). The summed E-state index contributed by atoms with van der Waals surface area (Å²) in [4.78, 5) is 33.8. The number of rotatable bonds is 7. The van der Waals surface area contributed by atoms with Gasteiger partial charge < -0.3 is 15.7 Å². The zero-order valence-corrected chi connectivity index (χ0v) is 12.2. The van der Waals surface area contributed by atoms with E-state index in [4.69, 9.17) is 5.11 Å². The summed E-state index contributed by atoms with van der Waals surface area (Å²) in [5.74, 6) is -1.30. The number of hydrogen-bond donors (Lipinski definition) is 3. The topological polar surface area (TPSA) is 95.5 Å². The van der Waals surface area contributed by atoms with Gasteiger partial charge in [0, 0.05) is 19.0 Å². The molecule has 2 amide bonds. The van der Waals surface area contributed by atoms with Crippen LogP contribution in [0.2, 0.25) is 0 Å². The molecule has 21 heavy (non-hydrogen) atoms. The highest BCUT2D eigenvalue weighted by Crippen LogP contribution is 2.05. The Morgan fingerprint density at radius 2 is 1.71 bits per heavy atom. The van der Waals surface area contributed by atoms with Gasteiger partial charge in [0.1, 0.15) is 0 Å². The SMILES string of the molecule is CC(C)NC(=O)CCNC(=O)Cc1ccc(C(=O)O)cc1. The van der Waals surface area contributed by atoms with Crippen molar-refractivity contribution in [1.82, 2.24) is 10.6 Å². The summed E-state index contributed by atoms with van der Waals surface area (Å²) < 4.78 is 0. The Morgan fingerprint density at radius 3 is 2.24 bits per heavy atom. The number of carboxylic acid groups (broad SMARTS) is 1. The molecule has 0 saturated carbocycles.